The van der Waals surface area contributed by atoms with Crippen LogP contribution in [0.3, 0.4) is 0 Å². The molecular weight excluding hydrogens is 284 g/mol. The van der Waals surface area contributed by atoms with E-state index >= 15 is 0 Å². The number of aromatic nitrogens is 1. The zero-order valence-electron chi connectivity index (χ0n) is 10.9. The molecule has 0 aliphatic rings. The highest BCUT2D eigenvalue weighted by Crippen LogP contribution is 2.32. The quantitative estimate of drug-likeness (QED) is 0.653. The molecule has 0 amide bonds. The number of aliphatic hydroxyl groups is 1. The van der Waals surface area contributed by atoms with Crippen LogP contribution in [0.1, 0.15) is 0 Å². The number of anilines is 1. The van der Waals surface area contributed by atoms with E-state index in [-0.39, 0.29) is 24.4 Å². The molecule has 0 bridgehead atoms. The first kappa shape index (κ1) is 15.0. The van der Waals surface area contributed by atoms with E-state index < -0.39 is 17.9 Å². The third-order valence-corrected chi connectivity index (χ3v) is 2.99. The number of rotatable bonds is 6. The predicted octanol–water partition coefficient (Wildman–Crippen LogP) is 2.21. The highest BCUT2D eigenvalue weighted by molar-refractivity contribution is 5.97. The highest BCUT2D eigenvalue weighted by atomic mass is 19.3. The number of nitro groups is 1. The monoisotopic (exact) mass is 297 g/mol. The molecule has 0 unspecified atom stereocenters. The van der Waals surface area contributed by atoms with Crippen LogP contribution in [0.2, 0.25) is 0 Å². The van der Waals surface area contributed by atoms with Crippen LogP contribution in [-0.2, 0) is 0 Å². The van der Waals surface area contributed by atoms with Crippen LogP contribution in [0.4, 0.5) is 20.2 Å². The zero-order chi connectivity index (χ0) is 15.4. The minimum Gasteiger partial charge on any atom is -0.395 e. The Balaban J connectivity index is 2.58. The second-order valence-electron chi connectivity index (χ2n) is 4.32. The van der Waals surface area contributed by atoms with Crippen molar-refractivity contribution < 1.29 is 18.8 Å². The number of fused-ring (bicyclic) bond motifs is 1. The Bertz CT molecular complexity index is 652. The molecule has 0 aliphatic carbocycles. The van der Waals surface area contributed by atoms with Gasteiger partial charge in [0.15, 0.2) is 0 Å². The van der Waals surface area contributed by atoms with Crippen molar-refractivity contribution in [2.75, 3.05) is 24.6 Å². The summed E-state index contributed by atoms with van der Waals surface area (Å²) in [5.41, 5.74) is 0.339. The third-order valence-electron chi connectivity index (χ3n) is 2.99. The molecule has 0 aliphatic heterocycles. The Kier molecular flexibility index (Phi) is 4.59. The van der Waals surface area contributed by atoms with Gasteiger partial charge in [-0.1, -0.05) is 0 Å². The molecule has 0 atom stereocenters. The largest absolute Gasteiger partial charge is 0.395 e. The molecule has 1 aromatic heterocycles. The number of nitrogens with zero attached hydrogens (tertiary/aromatic N) is 3. The van der Waals surface area contributed by atoms with E-state index in [0.29, 0.717) is 11.1 Å². The maximum absolute atomic E-state index is 12.7. The topological polar surface area (TPSA) is 79.5 Å². The fraction of sp³-hybridized carbons (Fsp3) is 0.308. The summed E-state index contributed by atoms with van der Waals surface area (Å²) in [6, 6.07) is 5.80. The van der Waals surface area contributed by atoms with Crippen molar-refractivity contribution in [1.82, 2.24) is 4.98 Å². The summed E-state index contributed by atoms with van der Waals surface area (Å²) < 4.78 is 25.3. The van der Waals surface area contributed by atoms with Gasteiger partial charge in [-0.15, -0.1) is 0 Å². The fourth-order valence-electron chi connectivity index (χ4n) is 2.16. The number of aliphatic hydroxyl groups excluding tert-OH is 1. The second kappa shape index (κ2) is 6.40. The summed E-state index contributed by atoms with van der Waals surface area (Å²) in [4.78, 5) is 15.7. The molecule has 0 radical (unpaired) electrons. The summed E-state index contributed by atoms with van der Waals surface area (Å²) in [5.74, 6) is 0. The van der Waals surface area contributed by atoms with Crippen LogP contribution in [0.5, 0.6) is 0 Å². The van der Waals surface area contributed by atoms with E-state index in [1.165, 1.54) is 23.2 Å². The molecule has 0 spiro atoms. The Hall–Kier alpha value is -2.35. The number of benzene rings is 1. The average molecular weight is 297 g/mol. The first-order chi connectivity index (χ1) is 10.0. The van der Waals surface area contributed by atoms with Gasteiger partial charge in [0.25, 0.3) is 12.1 Å². The van der Waals surface area contributed by atoms with Crippen molar-refractivity contribution in [3.8, 4) is 0 Å². The van der Waals surface area contributed by atoms with Crippen molar-refractivity contribution in [2.24, 2.45) is 0 Å². The van der Waals surface area contributed by atoms with Crippen molar-refractivity contribution in [2.45, 2.75) is 6.43 Å². The van der Waals surface area contributed by atoms with Crippen LogP contribution in [0.15, 0.2) is 30.5 Å². The molecule has 112 valence electrons. The van der Waals surface area contributed by atoms with Crippen molar-refractivity contribution in [3.05, 3.63) is 40.6 Å². The number of hydrogen-bond acceptors (Lipinski definition) is 5. The van der Waals surface area contributed by atoms with Gasteiger partial charge in [0.05, 0.1) is 18.1 Å². The summed E-state index contributed by atoms with van der Waals surface area (Å²) in [6.45, 7) is -0.861. The van der Waals surface area contributed by atoms with Crippen molar-refractivity contribution in [1.29, 1.82) is 0 Å². The fourth-order valence-corrected chi connectivity index (χ4v) is 2.16. The van der Waals surface area contributed by atoms with E-state index in [9.17, 15) is 18.9 Å². The van der Waals surface area contributed by atoms with Gasteiger partial charge in [-0.05, 0) is 18.2 Å². The number of pyridine rings is 1. The lowest BCUT2D eigenvalue weighted by Gasteiger charge is -2.24. The number of alkyl halides is 2. The van der Waals surface area contributed by atoms with Crippen molar-refractivity contribution in [3.63, 3.8) is 0 Å². The molecule has 1 N–H and O–H groups in total. The minimum absolute atomic E-state index is 0.00610. The van der Waals surface area contributed by atoms with Gasteiger partial charge in [0.1, 0.15) is 5.52 Å². The van der Waals surface area contributed by atoms with Crippen LogP contribution < -0.4 is 4.90 Å². The van der Waals surface area contributed by atoms with Crippen molar-refractivity contribution >= 4 is 22.3 Å². The minimum atomic E-state index is -2.58. The molecule has 0 saturated heterocycles. The maximum Gasteiger partial charge on any atom is 0.295 e. The molecule has 2 rings (SSSR count). The SMILES string of the molecule is O=[N+]([O-])c1ccc(N(CCO)CC(F)F)c2cccnc12. The zero-order valence-corrected chi connectivity index (χ0v) is 10.9. The maximum atomic E-state index is 12.7. The van der Waals surface area contributed by atoms with Gasteiger partial charge in [-0.3, -0.25) is 10.1 Å². The molecule has 1 aromatic carbocycles. The number of halogens is 2. The molecule has 6 nitrogen and oxygen atoms in total. The Morgan fingerprint density at radius 3 is 2.76 bits per heavy atom. The number of hydrogen-bond donors (Lipinski definition) is 1. The molecule has 8 heteroatoms. The Morgan fingerprint density at radius 1 is 1.38 bits per heavy atom. The number of nitro benzene ring substituents is 1. The average Bonchev–Trinajstić information content (AvgIpc) is 2.45. The molecule has 0 fully saturated rings. The van der Waals surface area contributed by atoms with Gasteiger partial charge in [-0.2, -0.15) is 0 Å². The standard InChI is InChI=1S/C13H13F2N3O3/c14-12(15)8-17(6-7-19)10-3-4-11(18(20)21)13-9(10)2-1-5-16-13/h1-5,12,19H,6-8H2. The lowest BCUT2D eigenvalue weighted by molar-refractivity contribution is -0.383. The van der Waals surface area contributed by atoms with Gasteiger partial charge < -0.3 is 10.0 Å². The lowest BCUT2D eigenvalue weighted by Crippen LogP contribution is -2.31. The van der Waals surface area contributed by atoms with E-state index in [1.807, 2.05) is 0 Å². The van der Waals surface area contributed by atoms with Gasteiger partial charge in [0, 0.05) is 29.9 Å². The molecule has 2 aromatic rings. The van der Waals surface area contributed by atoms with Gasteiger partial charge in [-0.25, -0.2) is 13.8 Å². The van der Waals surface area contributed by atoms with Crippen LogP contribution in [-0.4, -0.2) is 41.1 Å². The third kappa shape index (κ3) is 3.22. The van der Waals surface area contributed by atoms with Crippen LogP contribution >= 0.6 is 0 Å². The predicted molar refractivity (Wildman–Crippen MR) is 73.7 cm³/mol. The van der Waals surface area contributed by atoms with E-state index in [4.69, 9.17) is 5.11 Å². The summed E-state index contributed by atoms with van der Waals surface area (Å²) in [7, 11) is 0. The molecular formula is C13H13F2N3O3. The van der Waals surface area contributed by atoms with Crippen LogP contribution in [0.25, 0.3) is 10.9 Å². The highest BCUT2D eigenvalue weighted by Gasteiger charge is 2.20. The first-order valence-electron chi connectivity index (χ1n) is 6.20. The smallest absolute Gasteiger partial charge is 0.295 e. The van der Waals surface area contributed by atoms with E-state index in [2.05, 4.69) is 4.98 Å². The number of non-ortho nitro benzene ring substituents is 1. The summed E-state index contributed by atoms with van der Waals surface area (Å²) >= 11 is 0. The van der Waals surface area contributed by atoms with Crippen LogP contribution in [0, 0.1) is 10.1 Å². The lowest BCUT2D eigenvalue weighted by atomic mass is 10.1. The summed E-state index contributed by atoms with van der Waals surface area (Å²) in [6.07, 6.45) is -1.18. The van der Waals surface area contributed by atoms with E-state index in [1.54, 1.807) is 12.1 Å². The Labute approximate surface area is 118 Å². The molecule has 21 heavy (non-hydrogen) atoms. The van der Waals surface area contributed by atoms with E-state index in [0.717, 1.165) is 0 Å². The molecule has 0 saturated carbocycles. The van der Waals surface area contributed by atoms with Gasteiger partial charge in [0.2, 0.25) is 0 Å². The summed E-state index contributed by atoms with van der Waals surface area (Å²) in [5, 5.41) is 20.4. The molecule has 1 heterocycles. The Morgan fingerprint density at radius 2 is 2.14 bits per heavy atom. The first-order valence-corrected chi connectivity index (χ1v) is 6.20. The van der Waals surface area contributed by atoms with Gasteiger partial charge >= 0.3 is 0 Å². The second-order valence-corrected chi connectivity index (χ2v) is 4.32. The normalized spacial score (nSPS) is 11.0.